The molecule has 0 radical (unpaired) electrons. The number of nitrogens with zero attached hydrogens (tertiary/aromatic N) is 4. The largest absolute Gasteiger partial charge is 0.497 e. The molecule has 0 amide bonds. The Balaban J connectivity index is 1.67. The molecule has 2 heterocycles. The molecule has 5 aromatic rings. The molecule has 0 aliphatic rings. The number of H-pyrrole nitrogens is 1. The summed E-state index contributed by atoms with van der Waals surface area (Å²) in [7, 11) is 1.64. The molecular weight excluding hydrogens is 398 g/mol. The number of aromatic amines is 1. The Bertz CT molecular complexity index is 1440. The van der Waals surface area contributed by atoms with E-state index in [0.29, 0.717) is 11.4 Å². The third kappa shape index (κ3) is 3.64. The van der Waals surface area contributed by atoms with Crippen molar-refractivity contribution in [1.29, 1.82) is 5.26 Å². The quantitative estimate of drug-likeness (QED) is 0.384. The van der Waals surface area contributed by atoms with Gasteiger partial charge in [0.15, 0.2) is 0 Å². The summed E-state index contributed by atoms with van der Waals surface area (Å²) in [6, 6.07) is 27.6. The number of allylic oxidation sites excluding steroid dienone is 1. The van der Waals surface area contributed by atoms with Crippen LogP contribution in [0.5, 0.6) is 5.75 Å². The average molecular weight is 417 g/mol. The van der Waals surface area contributed by atoms with Gasteiger partial charge in [-0.05, 0) is 42.5 Å². The summed E-state index contributed by atoms with van der Waals surface area (Å²) in [5.74, 6) is 1.27. The van der Waals surface area contributed by atoms with E-state index < -0.39 is 0 Å². The van der Waals surface area contributed by atoms with E-state index in [4.69, 9.17) is 9.84 Å². The van der Waals surface area contributed by atoms with Crippen LogP contribution in [0.3, 0.4) is 0 Å². The van der Waals surface area contributed by atoms with Crippen molar-refractivity contribution in [3.8, 4) is 28.8 Å². The lowest BCUT2D eigenvalue weighted by molar-refractivity contribution is 0.415. The lowest BCUT2D eigenvalue weighted by atomic mass is 10.1. The fourth-order valence-corrected chi connectivity index (χ4v) is 3.59. The van der Waals surface area contributed by atoms with E-state index in [1.807, 2.05) is 95.8 Å². The highest BCUT2D eigenvalue weighted by atomic mass is 16.5. The first kappa shape index (κ1) is 19.3. The number of fused-ring (bicyclic) bond motifs is 1. The summed E-state index contributed by atoms with van der Waals surface area (Å²) in [5.41, 5.74) is 5.51. The maximum atomic E-state index is 9.91. The summed E-state index contributed by atoms with van der Waals surface area (Å²) < 4.78 is 7.21. The molecule has 5 rings (SSSR count). The Labute approximate surface area is 185 Å². The molecule has 0 atom stereocenters. The number of para-hydroxylation sites is 3. The maximum absolute atomic E-state index is 9.91. The molecule has 0 aliphatic heterocycles. The second kappa shape index (κ2) is 8.25. The highest BCUT2D eigenvalue weighted by Gasteiger charge is 2.15. The molecule has 3 aromatic carbocycles. The van der Waals surface area contributed by atoms with Crippen LogP contribution in [0.25, 0.3) is 39.6 Å². The van der Waals surface area contributed by atoms with Crippen LogP contribution >= 0.6 is 0 Å². The summed E-state index contributed by atoms with van der Waals surface area (Å²) >= 11 is 0. The number of aromatic nitrogens is 4. The second-order valence-electron chi connectivity index (χ2n) is 7.22. The van der Waals surface area contributed by atoms with Crippen LogP contribution in [0, 0.1) is 11.3 Å². The lowest BCUT2D eigenvalue weighted by Gasteiger charge is -2.03. The van der Waals surface area contributed by atoms with E-state index in [2.05, 4.69) is 16.0 Å². The van der Waals surface area contributed by atoms with E-state index in [1.165, 1.54) is 0 Å². The summed E-state index contributed by atoms with van der Waals surface area (Å²) in [6.07, 6.45) is 3.74. The standard InChI is InChI=1S/C26H19N5O/c1-32-22-11-7-8-18(15-22)25-20(17-31(30-25)21-9-3-2-4-10-21)14-19(16-27)26-28-23-12-5-6-13-24(23)29-26/h2-15,17H,1H3,(H,28,29)/b19-14-. The fourth-order valence-electron chi connectivity index (χ4n) is 3.59. The van der Waals surface area contributed by atoms with Crippen molar-refractivity contribution in [2.45, 2.75) is 0 Å². The molecule has 154 valence electrons. The van der Waals surface area contributed by atoms with E-state index in [-0.39, 0.29) is 0 Å². The molecule has 6 heteroatoms. The van der Waals surface area contributed by atoms with Gasteiger partial charge >= 0.3 is 0 Å². The zero-order chi connectivity index (χ0) is 21.9. The number of benzene rings is 3. The molecule has 0 fully saturated rings. The number of imidazole rings is 1. The van der Waals surface area contributed by atoms with Crippen LogP contribution in [0.4, 0.5) is 0 Å². The topological polar surface area (TPSA) is 79.5 Å². The Morgan fingerprint density at radius 3 is 2.62 bits per heavy atom. The molecule has 0 saturated heterocycles. The normalized spacial score (nSPS) is 11.4. The highest BCUT2D eigenvalue weighted by molar-refractivity contribution is 5.92. The molecule has 6 nitrogen and oxygen atoms in total. The van der Waals surface area contributed by atoms with Crippen molar-refractivity contribution < 1.29 is 4.74 Å². The predicted molar refractivity (Wildman–Crippen MR) is 125 cm³/mol. The molecule has 0 bridgehead atoms. The van der Waals surface area contributed by atoms with Crippen molar-refractivity contribution in [1.82, 2.24) is 19.7 Å². The number of rotatable bonds is 5. The van der Waals surface area contributed by atoms with Crippen molar-refractivity contribution in [3.63, 3.8) is 0 Å². The number of methoxy groups -OCH3 is 1. The Morgan fingerprint density at radius 1 is 1.03 bits per heavy atom. The van der Waals surface area contributed by atoms with Crippen LogP contribution in [-0.2, 0) is 0 Å². The van der Waals surface area contributed by atoms with Gasteiger partial charge in [0.05, 0.1) is 29.4 Å². The van der Waals surface area contributed by atoms with E-state index >= 15 is 0 Å². The molecule has 1 N–H and O–H groups in total. The number of hydrogen-bond acceptors (Lipinski definition) is 4. The fraction of sp³-hybridized carbons (Fsp3) is 0.0385. The van der Waals surface area contributed by atoms with Crippen LogP contribution in [0.2, 0.25) is 0 Å². The van der Waals surface area contributed by atoms with Gasteiger partial charge in [0.2, 0.25) is 0 Å². The van der Waals surface area contributed by atoms with Crippen LogP contribution in [0.1, 0.15) is 11.4 Å². The first-order valence-electron chi connectivity index (χ1n) is 10.1. The first-order chi connectivity index (χ1) is 15.7. The zero-order valence-corrected chi connectivity index (χ0v) is 17.4. The smallest absolute Gasteiger partial charge is 0.149 e. The van der Waals surface area contributed by atoms with E-state index in [9.17, 15) is 5.26 Å². The molecule has 0 aliphatic carbocycles. The van der Waals surface area contributed by atoms with Crippen molar-refractivity contribution >= 4 is 22.7 Å². The minimum atomic E-state index is 0.429. The van der Waals surface area contributed by atoms with Crippen LogP contribution in [0.15, 0.2) is 85.1 Å². The van der Waals surface area contributed by atoms with Crippen molar-refractivity contribution in [2.24, 2.45) is 0 Å². The van der Waals surface area contributed by atoms with Gasteiger partial charge in [0, 0.05) is 17.3 Å². The van der Waals surface area contributed by atoms with E-state index in [1.54, 1.807) is 7.11 Å². The molecule has 0 unspecified atom stereocenters. The predicted octanol–water partition coefficient (Wildman–Crippen LogP) is 5.49. The van der Waals surface area contributed by atoms with Gasteiger partial charge in [0.25, 0.3) is 0 Å². The molecule has 0 spiro atoms. The van der Waals surface area contributed by atoms with Gasteiger partial charge in [-0.25, -0.2) is 9.67 Å². The minimum Gasteiger partial charge on any atom is -0.497 e. The number of hydrogen-bond donors (Lipinski definition) is 1. The number of ether oxygens (including phenoxy) is 1. The zero-order valence-electron chi connectivity index (χ0n) is 17.4. The maximum Gasteiger partial charge on any atom is 0.149 e. The monoisotopic (exact) mass is 417 g/mol. The molecule has 0 saturated carbocycles. The van der Waals surface area contributed by atoms with Gasteiger partial charge in [-0.1, -0.05) is 42.5 Å². The number of nitrogens with one attached hydrogen (secondary N) is 1. The van der Waals surface area contributed by atoms with Gasteiger partial charge in [-0.2, -0.15) is 10.4 Å². The molecule has 2 aromatic heterocycles. The minimum absolute atomic E-state index is 0.429. The van der Waals surface area contributed by atoms with Crippen LogP contribution in [-0.4, -0.2) is 26.9 Å². The summed E-state index contributed by atoms with van der Waals surface area (Å²) in [6.45, 7) is 0. The van der Waals surface area contributed by atoms with Crippen molar-refractivity contribution in [2.75, 3.05) is 7.11 Å². The Kier molecular flexibility index (Phi) is 4.98. The molecule has 32 heavy (non-hydrogen) atoms. The number of nitriles is 1. The van der Waals surface area contributed by atoms with Gasteiger partial charge < -0.3 is 9.72 Å². The lowest BCUT2D eigenvalue weighted by Crippen LogP contribution is -1.94. The summed E-state index contributed by atoms with van der Waals surface area (Å²) in [5, 5.41) is 14.7. The van der Waals surface area contributed by atoms with E-state index in [0.717, 1.165) is 39.3 Å². The van der Waals surface area contributed by atoms with Gasteiger partial charge in [0.1, 0.15) is 23.3 Å². The van der Waals surface area contributed by atoms with Crippen molar-refractivity contribution in [3.05, 3.63) is 96.4 Å². The summed E-state index contributed by atoms with van der Waals surface area (Å²) in [4.78, 5) is 7.81. The second-order valence-corrected chi connectivity index (χ2v) is 7.22. The Hall–Kier alpha value is -4.63. The highest BCUT2D eigenvalue weighted by Crippen LogP contribution is 2.29. The van der Waals surface area contributed by atoms with Gasteiger partial charge in [-0.15, -0.1) is 0 Å². The first-order valence-corrected chi connectivity index (χ1v) is 10.1. The third-order valence-corrected chi connectivity index (χ3v) is 5.17. The third-order valence-electron chi connectivity index (χ3n) is 5.17. The van der Waals surface area contributed by atoms with Crippen LogP contribution < -0.4 is 4.74 Å². The molecular formula is C26H19N5O. The SMILES string of the molecule is COc1cccc(-c2nn(-c3ccccc3)cc2/C=C(/C#N)c2nc3ccccc3[nH]2)c1. The van der Waals surface area contributed by atoms with Gasteiger partial charge in [-0.3, -0.25) is 0 Å². The average Bonchev–Trinajstić information content (AvgIpc) is 3.47. The Morgan fingerprint density at radius 2 is 1.84 bits per heavy atom.